The monoisotopic (exact) mass is 601 g/mol. The van der Waals surface area contributed by atoms with Crippen LogP contribution in [-0.2, 0) is 25.2 Å². The minimum atomic E-state index is -5.11. The van der Waals surface area contributed by atoms with Crippen LogP contribution < -0.4 is 16.2 Å². The Labute approximate surface area is 240 Å². The van der Waals surface area contributed by atoms with Gasteiger partial charge in [0.25, 0.3) is 5.56 Å². The van der Waals surface area contributed by atoms with Crippen molar-refractivity contribution in [1.82, 2.24) is 25.1 Å². The predicted octanol–water partition coefficient (Wildman–Crippen LogP) is 5.30. The highest BCUT2D eigenvalue weighted by Crippen LogP contribution is 2.51. The van der Waals surface area contributed by atoms with Gasteiger partial charge in [0.2, 0.25) is 5.95 Å². The fraction of sp³-hybridized carbons (Fsp3) is 0.379. The normalized spacial score (nSPS) is 19.9. The molecule has 43 heavy (non-hydrogen) atoms. The molecule has 3 aliphatic rings. The minimum absolute atomic E-state index is 0.00894. The number of aryl methyl sites for hydroxylation is 1. The van der Waals surface area contributed by atoms with E-state index in [2.05, 4.69) is 37.3 Å². The number of nitrogens with one attached hydrogen (secondary N) is 2. The van der Waals surface area contributed by atoms with E-state index in [0.29, 0.717) is 13.1 Å². The number of nitrogens with two attached hydrogens (primary N) is 1. The zero-order chi connectivity index (χ0) is 30.3. The van der Waals surface area contributed by atoms with Gasteiger partial charge in [-0.15, -0.1) is 0 Å². The average Bonchev–Trinajstić information content (AvgIpc) is 3.51. The number of aromatic amines is 2. The molecule has 4 heterocycles. The highest BCUT2D eigenvalue weighted by atomic mass is 19.4. The quantitative estimate of drug-likeness (QED) is 0.269. The van der Waals surface area contributed by atoms with Crippen molar-refractivity contribution in [2.45, 2.75) is 50.5 Å². The molecule has 1 aromatic carbocycles. The number of pyridine rings is 1. The number of nitrogens with zero attached hydrogens (tertiary/aromatic N) is 4. The Morgan fingerprint density at radius 3 is 2.47 bits per heavy atom. The van der Waals surface area contributed by atoms with Crippen molar-refractivity contribution >= 4 is 22.6 Å². The summed E-state index contributed by atoms with van der Waals surface area (Å²) in [4.78, 5) is 26.1. The molecule has 14 heteroatoms. The van der Waals surface area contributed by atoms with E-state index in [1.54, 1.807) is 0 Å². The minimum Gasteiger partial charge on any atom is -0.342 e. The van der Waals surface area contributed by atoms with Gasteiger partial charge in [-0.05, 0) is 54.7 Å². The molecule has 7 rings (SSSR count). The fourth-order valence-corrected chi connectivity index (χ4v) is 6.87. The van der Waals surface area contributed by atoms with Crippen LogP contribution >= 0.6 is 0 Å². The highest BCUT2D eigenvalue weighted by molar-refractivity contribution is 5.95. The molecule has 1 saturated heterocycles. The maximum atomic E-state index is 14.1. The van der Waals surface area contributed by atoms with Crippen molar-refractivity contribution in [2.24, 2.45) is 11.1 Å². The second-order valence-corrected chi connectivity index (χ2v) is 11.4. The van der Waals surface area contributed by atoms with Crippen LogP contribution in [0.4, 0.5) is 32.3 Å². The molecule has 224 valence electrons. The number of allylic oxidation sites excluding steroid dienone is 1. The molecule has 2 aliphatic carbocycles. The van der Waals surface area contributed by atoms with Gasteiger partial charge in [0.1, 0.15) is 11.1 Å². The van der Waals surface area contributed by atoms with E-state index < -0.39 is 34.7 Å². The molecule has 8 nitrogen and oxygen atoms in total. The summed E-state index contributed by atoms with van der Waals surface area (Å²) < 4.78 is 82.4. The van der Waals surface area contributed by atoms with Gasteiger partial charge >= 0.3 is 12.4 Å². The SMILES string of the molecule is N[C@@H]1c2ccccc2CC12CCN(c1nc3n[nH]c(C4=CCCc5nc(C(F)(F)F)cc(C(F)(F)F)c54)c3c(=O)[nH]1)CC2. The molecule has 0 saturated carbocycles. The van der Waals surface area contributed by atoms with Crippen LogP contribution in [0.1, 0.15) is 64.6 Å². The second-order valence-electron chi connectivity index (χ2n) is 11.4. The summed E-state index contributed by atoms with van der Waals surface area (Å²) in [5.74, 6) is 0.278. The summed E-state index contributed by atoms with van der Waals surface area (Å²) in [6.07, 6.45) is -6.30. The predicted molar refractivity (Wildman–Crippen MR) is 145 cm³/mol. The smallest absolute Gasteiger partial charge is 0.342 e. The van der Waals surface area contributed by atoms with Crippen molar-refractivity contribution in [3.05, 3.63) is 86.1 Å². The van der Waals surface area contributed by atoms with Gasteiger partial charge in [0.15, 0.2) is 5.65 Å². The van der Waals surface area contributed by atoms with Crippen molar-refractivity contribution in [1.29, 1.82) is 0 Å². The number of alkyl halides is 6. The summed E-state index contributed by atoms with van der Waals surface area (Å²) in [6, 6.07) is 8.06. The average molecular weight is 602 g/mol. The van der Waals surface area contributed by atoms with Gasteiger partial charge in [-0.2, -0.15) is 36.4 Å². The van der Waals surface area contributed by atoms with Crippen LogP contribution in [0.5, 0.6) is 0 Å². The number of hydrogen-bond donors (Lipinski definition) is 3. The molecule has 4 aromatic rings. The Morgan fingerprint density at radius 2 is 1.77 bits per heavy atom. The standard InChI is InChI=1S/C29H25F6N7O/c30-28(31,32)17-12-19(29(33,34)35)37-18-7-3-6-16(20(17)18)22-21-24(41-40-22)38-26(39-25(21)43)42-10-8-27(9-11-42)13-14-4-1-2-5-15(14)23(27)36/h1-2,4-6,12,23H,3,7-11,13,36H2,(H2,38,39,40,41,43)/t23-/m1/s1. The Kier molecular flexibility index (Phi) is 6.04. The lowest BCUT2D eigenvalue weighted by Crippen LogP contribution is -2.45. The van der Waals surface area contributed by atoms with E-state index in [4.69, 9.17) is 5.73 Å². The van der Waals surface area contributed by atoms with Gasteiger partial charge in [0, 0.05) is 36.0 Å². The third-order valence-electron chi connectivity index (χ3n) is 9.02. The van der Waals surface area contributed by atoms with E-state index >= 15 is 0 Å². The molecule has 3 aromatic heterocycles. The molecule has 0 amide bonds. The highest BCUT2D eigenvalue weighted by Gasteiger charge is 2.46. The largest absolute Gasteiger partial charge is 0.433 e. The Hall–Kier alpha value is -4.20. The van der Waals surface area contributed by atoms with E-state index in [-0.39, 0.29) is 64.3 Å². The lowest BCUT2D eigenvalue weighted by molar-refractivity contribution is -0.145. The van der Waals surface area contributed by atoms with Crippen LogP contribution in [0.25, 0.3) is 16.6 Å². The van der Waals surface area contributed by atoms with Gasteiger partial charge < -0.3 is 10.6 Å². The fourth-order valence-electron chi connectivity index (χ4n) is 6.87. The van der Waals surface area contributed by atoms with E-state index in [1.807, 2.05) is 17.0 Å². The number of halogens is 6. The summed E-state index contributed by atoms with van der Waals surface area (Å²) >= 11 is 0. The topological polar surface area (TPSA) is 117 Å². The molecule has 1 aliphatic heterocycles. The third-order valence-corrected chi connectivity index (χ3v) is 9.02. The van der Waals surface area contributed by atoms with Crippen molar-refractivity contribution in [3.63, 3.8) is 0 Å². The van der Waals surface area contributed by atoms with E-state index in [1.165, 1.54) is 11.6 Å². The second kappa shape index (κ2) is 9.40. The van der Waals surface area contributed by atoms with Crippen molar-refractivity contribution in [2.75, 3.05) is 18.0 Å². The van der Waals surface area contributed by atoms with Crippen LogP contribution in [0, 0.1) is 5.41 Å². The first-order valence-electron chi connectivity index (χ1n) is 13.8. The number of piperidine rings is 1. The van der Waals surface area contributed by atoms with Crippen molar-refractivity contribution < 1.29 is 26.3 Å². The molecule has 0 unspecified atom stereocenters. The first-order chi connectivity index (χ1) is 20.4. The number of anilines is 1. The lowest BCUT2D eigenvalue weighted by Gasteiger charge is -2.42. The summed E-state index contributed by atoms with van der Waals surface area (Å²) in [6.45, 7) is 1.15. The molecular weight excluding hydrogens is 576 g/mol. The first-order valence-corrected chi connectivity index (χ1v) is 13.8. The van der Waals surface area contributed by atoms with Crippen LogP contribution in [0.15, 0.2) is 41.2 Å². The van der Waals surface area contributed by atoms with E-state index in [0.717, 1.165) is 24.8 Å². The Balaban J connectivity index is 1.22. The maximum absolute atomic E-state index is 14.1. The number of aromatic nitrogens is 5. The third kappa shape index (κ3) is 4.41. The van der Waals surface area contributed by atoms with Gasteiger partial charge in [-0.3, -0.25) is 14.9 Å². The number of H-pyrrole nitrogens is 2. The van der Waals surface area contributed by atoms with E-state index in [9.17, 15) is 31.1 Å². The Bertz CT molecular complexity index is 1850. The molecule has 1 fully saturated rings. The number of hydrogen-bond acceptors (Lipinski definition) is 6. The van der Waals surface area contributed by atoms with Crippen molar-refractivity contribution in [3.8, 4) is 0 Å². The molecule has 4 N–H and O–H groups in total. The number of rotatable bonds is 2. The summed E-state index contributed by atoms with van der Waals surface area (Å²) in [7, 11) is 0. The molecule has 1 atom stereocenters. The van der Waals surface area contributed by atoms with Crippen LogP contribution in [0.3, 0.4) is 0 Å². The first kappa shape index (κ1) is 27.6. The zero-order valence-electron chi connectivity index (χ0n) is 22.5. The lowest BCUT2D eigenvalue weighted by atomic mass is 9.73. The number of benzene rings is 1. The van der Waals surface area contributed by atoms with Gasteiger partial charge in [-0.1, -0.05) is 30.3 Å². The Morgan fingerprint density at radius 1 is 1.02 bits per heavy atom. The zero-order valence-corrected chi connectivity index (χ0v) is 22.5. The molecule has 0 bridgehead atoms. The molecular formula is C29H25F6N7O. The maximum Gasteiger partial charge on any atom is 0.433 e. The molecule has 1 spiro atoms. The summed E-state index contributed by atoms with van der Waals surface area (Å²) in [5, 5.41) is 6.65. The summed E-state index contributed by atoms with van der Waals surface area (Å²) in [5.41, 5.74) is 4.24. The van der Waals surface area contributed by atoms with Gasteiger partial charge in [0.05, 0.1) is 11.3 Å². The van der Waals surface area contributed by atoms with Crippen LogP contribution in [-0.4, -0.2) is 38.2 Å². The van der Waals surface area contributed by atoms with Crippen LogP contribution in [0.2, 0.25) is 0 Å². The molecule has 0 radical (unpaired) electrons. The van der Waals surface area contributed by atoms with Gasteiger partial charge in [-0.25, -0.2) is 4.98 Å². The number of fused-ring (bicyclic) bond motifs is 3.